The van der Waals surface area contributed by atoms with Crippen molar-refractivity contribution in [3.63, 3.8) is 0 Å². The van der Waals surface area contributed by atoms with Crippen molar-refractivity contribution in [1.29, 1.82) is 0 Å². The third-order valence-corrected chi connectivity index (χ3v) is 1.95. The first kappa shape index (κ1) is 9.51. The molecule has 0 amide bonds. The first-order valence-electron chi connectivity index (χ1n) is 4.43. The number of carbonyl (C=O) groups excluding carboxylic acids is 1. The first-order valence-corrected chi connectivity index (χ1v) is 4.43. The number of esters is 1. The number of aliphatic imine (C=N–C) groups is 2. The number of rotatable bonds is 2. The molecule has 2 rings (SSSR count). The number of ether oxygens (including phenoxy) is 1. The fourth-order valence-electron chi connectivity index (χ4n) is 1.24. The molecule has 1 aromatic rings. The minimum absolute atomic E-state index is 0.388. The van der Waals surface area contributed by atoms with Crippen LogP contribution in [0.2, 0.25) is 0 Å². The zero-order valence-corrected chi connectivity index (χ0v) is 8.17. The van der Waals surface area contributed by atoms with Gasteiger partial charge in [-0.3, -0.25) is 9.98 Å². The third kappa shape index (κ3) is 1.90. The topological polar surface area (TPSA) is 63.9 Å². The standard InChI is InChI=1S/C10H9N3O2/c1-15-10(14)7-2-3-11-8(6-7)9-12-4-5-13-9/h2-4,6H,5H2,1H3. The highest BCUT2D eigenvalue weighted by Gasteiger charge is 2.10. The Morgan fingerprint density at radius 1 is 1.53 bits per heavy atom. The minimum Gasteiger partial charge on any atom is -0.465 e. The van der Waals surface area contributed by atoms with Gasteiger partial charge in [0, 0.05) is 12.4 Å². The third-order valence-electron chi connectivity index (χ3n) is 1.95. The molecular weight excluding hydrogens is 194 g/mol. The van der Waals surface area contributed by atoms with Crippen LogP contribution in [0.25, 0.3) is 0 Å². The summed E-state index contributed by atoms with van der Waals surface area (Å²) in [5.41, 5.74) is 1.04. The van der Waals surface area contributed by atoms with E-state index < -0.39 is 0 Å². The maximum Gasteiger partial charge on any atom is 0.337 e. The van der Waals surface area contributed by atoms with Crippen LogP contribution in [0.5, 0.6) is 0 Å². The van der Waals surface area contributed by atoms with E-state index in [4.69, 9.17) is 0 Å². The second-order valence-corrected chi connectivity index (χ2v) is 2.90. The smallest absolute Gasteiger partial charge is 0.337 e. The molecule has 76 valence electrons. The quantitative estimate of drug-likeness (QED) is 0.664. The number of nitrogens with zero attached hydrogens (tertiary/aromatic N) is 3. The molecule has 0 radical (unpaired) electrons. The SMILES string of the molecule is COC(=O)c1ccnc(C2=NCC=N2)c1. The molecule has 1 aliphatic heterocycles. The normalized spacial score (nSPS) is 13.8. The average Bonchev–Trinajstić information content (AvgIpc) is 2.82. The Morgan fingerprint density at radius 2 is 2.40 bits per heavy atom. The van der Waals surface area contributed by atoms with Crippen LogP contribution in [0, 0.1) is 0 Å². The van der Waals surface area contributed by atoms with E-state index in [1.165, 1.54) is 13.3 Å². The largest absolute Gasteiger partial charge is 0.465 e. The fraction of sp³-hybridized carbons (Fsp3) is 0.200. The van der Waals surface area contributed by atoms with E-state index >= 15 is 0 Å². The van der Waals surface area contributed by atoms with Crippen LogP contribution in [0.3, 0.4) is 0 Å². The molecule has 0 unspecified atom stereocenters. The van der Waals surface area contributed by atoms with Gasteiger partial charge in [-0.15, -0.1) is 0 Å². The zero-order chi connectivity index (χ0) is 10.7. The number of hydrogen-bond donors (Lipinski definition) is 0. The summed E-state index contributed by atoms with van der Waals surface area (Å²) < 4.78 is 4.61. The Morgan fingerprint density at radius 3 is 3.07 bits per heavy atom. The highest BCUT2D eigenvalue weighted by molar-refractivity contribution is 6.06. The molecule has 0 saturated carbocycles. The maximum absolute atomic E-state index is 11.3. The van der Waals surface area contributed by atoms with Crippen LogP contribution in [0.1, 0.15) is 16.1 Å². The van der Waals surface area contributed by atoms with Crippen LogP contribution < -0.4 is 0 Å². The lowest BCUT2D eigenvalue weighted by molar-refractivity contribution is 0.0600. The molecule has 2 heterocycles. The van der Waals surface area contributed by atoms with Crippen LogP contribution in [-0.4, -0.2) is 36.7 Å². The van der Waals surface area contributed by atoms with E-state index in [0.29, 0.717) is 23.6 Å². The van der Waals surface area contributed by atoms with Gasteiger partial charge in [0.15, 0.2) is 5.84 Å². The van der Waals surface area contributed by atoms with Gasteiger partial charge in [0.05, 0.1) is 19.2 Å². The van der Waals surface area contributed by atoms with Crippen LogP contribution in [0.4, 0.5) is 0 Å². The van der Waals surface area contributed by atoms with E-state index in [1.807, 2.05) is 0 Å². The molecule has 0 atom stereocenters. The van der Waals surface area contributed by atoms with Gasteiger partial charge in [-0.2, -0.15) is 0 Å². The fourth-order valence-corrected chi connectivity index (χ4v) is 1.24. The summed E-state index contributed by atoms with van der Waals surface area (Å²) in [6.07, 6.45) is 3.24. The van der Waals surface area contributed by atoms with Crippen molar-refractivity contribution in [2.45, 2.75) is 0 Å². The van der Waals surface area contributed by atoms with Gasteiger partial charge < -0.3 is 4.74 Å². The number of methoxy groups -OCH3 is 1. The zero-order valence-electron chi connectivity index (χ0n) is 8.17. The van der Waals surface area contributed by atoms with Gasteiger partial charge in [-0.25, -0.2) is 9.79 Å². The van der Waals surface area contributed by atoms with Gasteiger partial charge in [0.1, 0.15) is 5.69 Å². The Labute approximate surface area is 86.5 Å². The maximum atomic E-state index is 11.3. The predicted molar refractivity (Wildman–Crippen MR) is 55.5 cm³/mol. The monoisotopic (exact) mass is 203 g/mol. The molecule has 0 N–H and O–H groups in total. The minimum atomic E-state index is -0.388. The molecule has 15 heavy (non-hydrogen) atoms. The van der Waals surface area contributed by atoms with E-state index in [2.05, 4.69) is 19.7 Å². The molecule has 1 aromatic heterocycles. The molecule has 0 aromatic carbocycles. The van der Waals surface area contributed by atoms with Crippen molar-refractivity contribution in [3.05, 3.63) is 29.6 Å². The molecule has 1 aliphatic rings. The lowest BCUT2D eigenvalue weighted by atomic mass is 10.2. The van der Waals surface area contributed by atoms with Gasteiger partial charge in [0.2, 0.25) is 0 Å². The van der Waals surface area contributed by atoms with Crippen molar-refractivity contribution in [1.82, 2.24) is 4.98 Å². The molecule has 0 saturated heterocycles. The summed E-state index contributed by atoms with van der Waals surface area (Å²) in [7, 11) is 1.34. The molecule has 0 bridgehead atoms. The second-order valence-electron chi connectivity index (χ2n) is 2.90. The van der Waals surface area contributed by atoms with Crippen molar-refractivity contribution in [2.24, 2.45) is 9.98 Å². The average molecular weight is 203 g/mol. The van der Waals surface area contributed by atoms with Crippen LogP contribution in [-0.2, 0) is 4.74 Å². The molecule has 0 aliphatic carbocycles. The Hall–Kier alpha value is -2.04. The highest BCUT2D eigenvalue weighted by atomic mass is 16.5. The summed E-state index contributed by atoms with van der Waals surface area (Å²) in [6.45, 7) is 0.569. The summed E-state index contributed by atoms with van der Waals surface area (Å²) >= 11 is 0. The lowest BCUT2D eigenvalue weighted by Crippen LogP contribution is -2.05. The number of pyridine rings is 1. The number of aromatic nitrogens is 1. The van der Waals surface area contributed by atoms with Crippen molar-refractivity contribution < 1.29 is 9.53 Å². The number of hydrogen-bond acceptors (Lipinski definition) is 5. The summed E-state index contributed by atoms with van der Waals surface area (Å²) in [5, 5.41) is 0. The van der Waals surface area contributed by atoms with Crippen molar-refractivity contribution in [2.75, 3.05) is 13.7 Å². The summed E-state index contributed by atoms with van der Waals surface area (Å²) in [5.74, 6) is 0.168. The van der Waals surface area contributed by atoms with E-state index in [0.717, 1.165) is 0 Å². The van der Waals surface area contributed by atoms with E-state index in [1.54, 1.807) is 18.3 Å². The predicted octanol–water partition coefficient (Wildman–Crippen LogP) is 0.699. The Bertz CT molecular complexity index is 452. The second kappa shape index (κ2) is 4.00. The molecule has 5 nitrogen and oxygen atoms in total. The van der Waals surface area contributed by atoms with Gasteiger partial charge in [0.25, 0.3) is 0 Å². The summed E-state index contributed by atoms with van der Waals surface area (Å²) in [6, 6.07) is 3.21. The van der Waals surface area contributed by atoms with Gasteiger partial charge in [-0.1, -0.05) is 0 Å². The summed E-state index contributed by atoms with van der Waals surface area (Å²) in [4.78, 5) is 23.5. The first-order chi connectivity index (χ1) is 7.31. The Balaban J connectivity index is 2.34. The van der Waals surface area contributed by atoms with E-state index in [-0.39, 0.29) is 5.97 Å². The van der Waals surface area contributed by atoms with Crippen molar-refractivity contribution in [3.8, 4) is 0 Å². The van der Waals surface area contributed by atoms with Gasteiger partial charge in [-0.05, 0) is 12.1 Å². The number of amidine groups is 1. The molecular formula is C10H9N3O2. The van der Waals surface area contributed by atoms with Gasteiger partial charge >= 0.3 is 5.97 Å². The van der Waals surface area contributed by atoms with E-state index in [9.17, 15) is 4.79 Å². The highest BCUT2D eigenvalue weighted by Crippen LogP contribution is 2.07. The molecule has 0 fully saturated rings. The van der Waals surface area contributed by atoms with Crippen LogP contribution >= 0.6 is 0 Å². The molecule has 5 heteroatoms. The lowest BCUT2D eigenvalue weighted by Gasteiger charge is -2.00. The Kier molecular flexibility index (Phi) is 2.53. The van der Waals surface area contributed by atoms with Crippen LogP contribution in [0.15, 0.2) is 28.3 Å². The van der Waals surface area contributed by atoms with Crippen molar-refractivity contribution >= 4 is 18.0 Å². The number of carbonyl (C=O) groups is 1. The molecule has 0 spiro atoms.